The Balaban J connectivity index is 2.18. The van der Waals surface area contributed by atoms with Gasteiger partial charge >= 0.3 is 0 Å². The van der Waals surface area contributed by atoms with Gasteiger partial charge in [0.2, 0.25) is 0 Å². The molecule has 0 bridgehead atoms. The van der Waals surface area contributed by atoms with E-state index in [1.54, 1.807) is 23.6 Å². The normalized spacial score (nSPS) is 12.4. The number of anilines is 1. The second kappa shape index (κ2) is 6.41. The van der Waals surface area contributed by atoms with E-state index in [-0.39, 0.29) is 6.04 Å². The van der Waals surface area contributed by atoms with Crippen molar-refractivity contribution in [3.05, 3.63) is 44.7 Å². The van der Waals surface area contributed by atoms with Crippen molar-refractivity contribution in [3.63, 3.8) is 0 Å². The smallest absolute Gasteiger partial charge is 0.145 e. The summed E-state index contributed by atoms with van der Waals surface area (Å²) in [6.07, 6.45) is 3.75. The molecule has 2 nitrogen and oxygen atoms in total. The second-order valence-electron chi connectivity index (χ2n) is 3.98. The molecule has 0 aliphatic heterocycles. The number of nitrogens with one attached hydrogen (secondary N) is 1. The summed E-state index contributed by atoms with van der Waals surface area (Å²) in [5.41, 5.74) is 0. The first kappa shape index (κ1) is 13.7. The first-order valence-electron chi connectivity index (χ1n) is 5.81. The van der Waals surface area contributed by atoms with Gasteiger partial charge in [-0.3, -0.25) is 0 Å². The lowest BCUT2D eigenvalue weighted by atomic mass is 10.1. The Labute approximate surface area is 121 Å². The van der Waals surface area contributed by atoms with Gasteiger partial charge in [0.05, 0.1) is 16.1 Å². The zero-order valence-corrected chi connectivity index (χ0v) is 12.3. The van der Waals surface area contributed by atoms with Crippen LogP contribution in [0, 0.1) is 0 Å². The van der Waals surface area contributed by atoms with E-state index >= 15 is 0 Å². The first-order valence-corrected chi connectivity index (χ1v) is 7.45. The third-order valence-electron chi connectivity index (χ3n) is 2.58. The van der Waals surface area contributed by atoms with Crippen LogP contribution in [0.15, 0.2) is 29.8 Å². The number of hydrogen-bond donors (Lipinski definition) is 1. The van der Waals surface area contributed by atoms with E-state index in [0.717, 1.165) is 12.8 Å². The number of halogens is 2. The molecule has 0 aliphatic rings. The van der Waals surface area contributed by atoms with Crippen LogP contribution >= 0.6 is 34.5 Å². The van der Waals surface area contributed by atoms with Gasteiger partial charge in [0.25, 0.3) is 0 Å². The van der Waals surface area contributed by atoms with Gasteiger partial charge in [-0.05, 0) is 23.9 Å². The first-order chi connectivity index (χ1) is 8.70. The second-order valence-corrected chi connectivity index (χ2v) is 5.81. The molecular formula is C13H14Cl2N2S. The zero-order valence-electron chi connectivity index (χ0n) is 9.99. The van der Waals surface area contributed by atoms with Gasteiger partial charge in [-0.25, -0.2) is 4.98 Å². The Morgan fingerprint density at radius 1 is 1.44 bits per heavy atom. The van der Waals surface area contributed by atoms with Gasteiger partial charge < -0.3 is 5.32 Å². The molecule has 0 amide bonds. The Bertz CT molecular complexity index is 500. The number of thiophene rings is 1. The molecular weight excluding hydrogens is 287 g/mol. The van der Waals surface area contributed by atoms with Crippen molar-refractivity contribution in [2.24, 2.45) is 0 Å². The van der Waals surface area contributed by atoms with Crippen LogP contribution in [0.3, 0.4) is 0 Å². The van der Waals surface area contributed by atoms with Crippen molar-refractivity contribution in [3.8, 4) is 0 Å². The largest absolute Gasteiger partial charge is 0.361 e. The summed E-state index contributed by atoms with van der Waals surface area (Å²) in [7, 11) is 0. The summed E-state index contributed by atoms with van der Waals surface area (Å²) >= 11 is 13.7. The molecule has 0 radical (unpaired) electrons. The molecule has 0 spiro atoms. The maximum absolute atomic E-state index is 6.13. The molecule has 0 saturated heterocycles. The minimum absolute atomic E-state index is 0.251. The van der Waals surface area contributed by atoms with Crippen molar-refractivity contribution in [1.29, 1.82) is 0 Å². The van der Waals surface area contributed by atoms with E-state index in [2.05, 4.69) is 34.7 Å². The van der Waals surface area contributed by atoms with E-state index in [9.17, 15) is 0 Å². The third-order valence-corrected chi connectivity index (χ3v) is 4.06. The minimum Gasteiger partial charge on any atom is -0.361 e. The summed E-state index contributed by atoms with van der Waals surface area (Å²) in [5, 5.41) is 6.57. The van der Waals surface area contributed by atoms with Crippen LogP contribution in [0.25, 0.3) is 0 Å². The average Bonchev–Trinajstić information content (AvgIpc) is 2.85. The van der Waals surface area contributed by atoms with E-state index < -0.39 is 0 Å². The zero-order chi connectivity index (χ0) is 13.0. The van der Waals surface area contributed by atoms with Crippen molar-refractivity contribution in [2.45, 2.75) is 25.8 Å². The van der Waals surface area contributed by atoms with Crippen LogP contribution in [-0.4, -0.2) is 4.98 Å². The van der Waals surface area contributed by atoms with E-state index in [0.29, 0.717) is 15.9 Å². The predicted octanol–water partition coefficient (Wildman–Crippen LogP) is 5.40. The lowest BCUT2D eigenvalue weighted by Gasteiger charge is -2.18. The van der Waals surface area contributed by atoms with E-state index in [1.807, 2.05) is 0 Å². The molecule has 2 rings (SSSR count). The average molecular weight is 301 g/mol. The van der Waals surface area contributed by atoms with Crippen LogP contribution < -0.4 is 5.32 Å². The monoisotopic (exact) mass is 300 g/mol. The fraction of sp³-hybridized carbons (Fsp3) is 0.308. The third kappa shape index (κ3) is 3.37. The summed E-state index contributed by atoms with van der Waals surface area (Å²) in [5.74, 6) is 0.688. The molecule has 2 aromatic rings. The summed E-state index contributed by atoms with van der Waals surface area (Å²) in [6.45, 7) is 2.17. The molecule has 18 heavy (non-hydrogen) atoms. The van der Waals surface area contributed by atoms with Crippen LogP contribution in [0.1, 0.15) is 30.7 Å². The molecule has 0 aliphatic carbocycles. The number of aromatic nitrogens is 1. The highest BCUT2D eigenvalue weighted by Gasteiger charge is 2.13. The van der Waals surface area contributed by atoms with Gasteiger partial charge in [0.15, 0.2) is 0 Å². The Morgan fingerprint density at radius 2 is 2.28 bits per heavy atom. The van der Waals surface area contributed by atoms with Crippen molar-refractivity contribution in [2.75, 3.05) is 5.32 Å². The van der Waals surface area contributed by atoms with Gasteiger partial charge in [-0.15, -0.1) is 11.3 Å². The minimum atomic E-state index is 0.251. The van der Waals surface area contributed by atoms with Crippen LogP contribution in [0.4, 0.5) is 5.82 Å². The van der Waals surface area contributed by atoms with E-state index in [4.69, 9.17) is 23.2 Å². The van der Waals surface area contributed by atoms with Gasteiger partial charge in [-0.1, -0.05) is 42.6 Å². The van der Waals surface area contributed by atoms with Crippen LogP contribution in [0.5, 0.6) is 0 Å². The topological polar surface area (TPSA) is 24.9 Å². The molecule has 5 heteroatoms. The molecule has 2 aromatic heterocycles. The molecule has 2 heterocycles. The number of rotatable bonds is 5. The molecule has 1 atom stereocenters. The number of nitrogens with zero attached hydrogens (tertiary/aromatic N) is 1. The Kier molecular flexibility index (Phi) is 4.87. The fourth-order valence-electron chi connectivity index (χ4n) is 1.75. The number of hydrogen-bond acceptors (Lipinski definition) is 3. The Hall–Kier alpha value is -0.770. The predicted molar refractivity (Wildman–Crippen MR) is 79.8 cm³/mol. The quantitative estimate of drug-likeness (QED) is 0.799. The standard InChI is InChI=1S/C13H14Cl2N2S/c1-2-4-11(12-5-3-6-18-12)17-13-10(15)7-9(14)8-16-13/h3,5-8,11H,2,4H2,1H3,(H,16,17). The van der Waals surface area contributed by atoms with Crippen molar-refractivity contribution >= 4 is 40.4 Å². The summed E-state index contributed by atoms with van der Waals surface area (Å²) in [4.78, 5) is 5.54. The summed E-state index contributed by atoms with van der Waals surface area (Å²) < 4.78 is 0. The van der Waals surface area contributed by atoms with Gasteiger partial charge in [0, 0.05) is 11.1 Å². The Morgan fingerprint density at radius 3 is 2.89 bits per heavy atom. The molecule has 96 valence electrons. The number of pyridine rings is 1. The van der Waals surface area contributed by atoms with Gasteiger partial charge in [-0.2, -0.15) is 0 Å². The SMILES string of the molecule is CCCC(Nc1ncc(Cl)cc1Cl)c1cccs1. The van der Waals surface area contributed by atoms with E-state index in [1.165, 1.54) is 4.88 Å². The fourth-order valence-corrected chi connectivity index (χ4v) is 3.00. The lowest BCUT2D eigenvalue weighted by Crippen LogP contribution is -2.10. The van der Waals surface area contributed by atoms with Crippen molar-refractivity contribution < 1.29 is 0 Å². The van der Waals surface area contributed by atoms with Crippen LogP contribution in [0.2, 0.25) is 10.0 Å². The lowest BCUT2D eigenvalue weighted by molar-refractivity contribution is 0.685. The highest BCUT2D eigenvalue weighted by molar-refractivity contribution is 7.10. The molecule has 0 saturated carbocycles. The molecule has 0 fully saturated rings. The molecule has 1 N–H and O–H groups in total. The maximum Gasteiger partial charge on any atom is 0.145 e. The van der Waals surface area contributed by atoms with Crippen LogP contribution in [-0.2, 0) is 0 Å². The maximum atomic E-state index is 6.13. The van der Waals surface area contributed by atoms with Crippen molar-refractivity contribution in [1.82, 2.24) is 4.98 Å². The molecule has 1 unspecified atom stereocenters. The molecule has 0 aromatic carbocycles. The van der Waals surface area contributed by atoms with Gasteiger partial charge in [0.1, 0.15) is 5.82 Å². The highest BCUT2D eigenvalue weighted by atomic mass is 35.5. The summed E-state index contributed by atoms with van der Waals surface area (Å²) in [6, 6.07) is 6.14. The highest BCUT2D eigenvalue weighted by Crippen LogP contribution is 2.30.